The molecule has 3 nitrogen and oxygen atoms in total. The second kappa shape index (κ2) is 5.30. The Bertz CT molecular complexity index is 339. The summed E-state index contributed by atoms with van der Waals surface area (Å²) in [5.74, 6) is -0.0808. The van der Waals surface area contributed by atoms with Crippen LogP contribution < -0.4 is 5.56 Å². The van der Waals surface area contributed by atoms with Gasteiger partial charge < -0.3 is 4.57 Å². The van der Waals surface area contributed by atoms with Crippen molar-refractivity contribution in [3.05, 3.63) is 34.2 Å². The van der Waals surface area contributed by atoms with Crippen LogP contribution in [-0.4, -0.2) is 10.4 Å². The predicted octanol–water partition coefficient (Wildman–Crippen LogP) is 1.61. The molecule has 0 N–H and O–H groups in total. The van der Waals surface area contributed by atoms with Crippen molar-refractivity contribution >= 4 is 5.78 Å². The summed E-state index contributed by atoms with van der Waals surface area (Å²) in [4.78, 5) is 21.7. The summed E-state index contributed by atoms with van der Waals surface area (Å²) < 4.78 is 1.42. The van der Waals surface area contributed by atoms with E-state index in [0.29, 0.717) is 5.56 Å². The highest BCUT2D eigenvalue weighted by Gasteiger charge is 1.98. The van der Waals surface area contributed by atoms with Gasteiger partial charge in [-0.2, -0.15) is 0 Å². The Balaban J connectivity index is 0.000000671. The van der Waals surface area contributed by atoms with Gasteiger partial charge in [-0.1, -0.05) is 13.8 Å². The number of carbonyl (C=O) groups is 1. The average Bonchev–Trinajstić information content (AvgIpc) is 2.13. The third-order valence-corrected chi connectivity index (χ3v) is 1.51. The third-order valence-electron chi connectivity index (χ3n) is 1.51. The molecule has 0 unspecified atom stereocenters. The first-order chi connectivity index (χ1) is 6.11. The number of aryl methyl sites for hydroxylation is 1. The van der Waals surface area contributed by atoms with Crippen LogP contribution in [0.2, 0.25) is 0 Å². The molecule has 0 amide bonds. The first-order valence-corrected chi connectivity index (χ1v) is 4.29. The average molecular weight is 181 g/mol. The molecular weight excluding hydrogens is 166 g/mol. The molecule has 1 aromatic heterocycles. The topological polar surface area (TPSA) is 39.1 Å². The lowest BCUT2D eigenvalue weighted by atomic mass is 10.2. The molecule has 0 fully saturated rings. The summed E-state index contributed by atoms with van der Waals surface area (Å²) in [6.07, 6.45) is 1.58. The van der Waals surface area contributed by atoms with Crippen LogP contribution >= 0.6 is 0 Å². The lowest BCUT2D eigenvalue weighted by Gasteiger charge is -1.96. The molecule has 3 heteroatoms. The van der Waals surface area contributed by atoms with Gasteiger partial charge in [-0.3, -0.25) is 9.59 Å². The number of nitrogens with zero attached hydrogens (tertiary/aromatic N) is 1. The predicted molar refractivity (Wildman–Crippen MR) is 53.0 cm³/mol. The Morgan fingerprint density at radius 2 is 1.92 bits per heavy atom. The van der Waals surface area contributed by atoms with E-state index in [1.165, 1.54) is 17.6 Å². The van der Waals surface area contributed by atoms with Crippen LogP contribution in [0.15, 0.2) is 23.1 Å². The monoisotopic (exact) mass is 181 g/mol. The molecule has 1 aromatic rings. The van der Waals surface area contributed by atoms with Crippen molar-refractivity contribution in [2.75, 3.05) is 0 Å². The second-order valence-electron chi connectivity index (χ2n) is 2.42. The minimum Gasteiger partial charge on any atom is -0.319 e. The fraction of sp³-hybridized carbons (Fsp3) is 0.400. The van der Waals surface area contributed by atoms with E-state index in [2.05, 4.69) is 0 Å². The molecule has 0 aliphatic carbocycles. The Morgan fingerprint density at radius 3 is 2.31 bits per heavy atom. The van der Waals surface area contributed by atoms with E-state index < -0.39 is 0 Å². The van der Waals surface area contributed by atoms with E-state index in [9.17, 15) is 9.59 Å². The molecule has 0 bridgehead atoms. The van der Waals surface area contributed by atoms with Crippen LogP contribution in [0.3, 0.4) is 0 Å². The van der Waals surface area contributed by atoms with Gasteiger partial charge in [-0.05, 0) is 13.0 Å². The molecule has 1 rings (SSSR count). The van der Waals surface area contributed by atoms with Crippen molar-refractivity contribution < 1.29 is 4.79 Å². The minimum atomic E-state index is -0.155. The quantitative estimate of drug-likeness (QED) is 0.617. The van der Waals surface area contributed by atoms with Crippen molar-refractivity contribution in [2.24, 2.45) is 7.05 Å². The zero-order valence-electron chi connectivity index (χ0n) is 8.50. The van der Waals surface area contributed by atoms with E-state index in [-0.39, 0.29) is 11.3 Å². The first-order valence-electron chi connectivity index (χ1n) is 4.29. The van der Waals surface area contributed by atoms with Crippen molar-refractivity contribution in [1.82, 2.24) is 4.57 Å². The molecule has 0 spiro atoms. The van der Waals surface area contributed by atoms with Crippen LogP contribution in [0.1, 0.15) is 31.1 Å². The lowest BCUT2D eigenvalue weighted by molar-refractivity contribution is 0.101. The molecule has 0 radical (unpaired) electrons. The Hall–Kier alpha value is -1.38. The zero-order valence-corrected chi connectivity index (χ0v) is 8.50. The Kier molecular flexibility index (Phi) is 4.74. The summed E-state index contributed by atoms with van der Waals surface area (Å²) >= 11 is 0. The van der Waals surface area contributed by atoms with E-state index in [4.69, 9.17) is 0 Å². The minimum absolute atomic E-state index is 0.0808. The van der Waals surface area contributed by atoms with Gasteiger partial charge in [0, 0.05) is 24.9 Å². The maximum atomic E-state index is 11.0. The molecular formula is C10H15NO2. The maximum absolute atomic E-state index is 11.0. The molecule has 0 saturated carbocycles. The molecule has 0 aliphatic heterocycles. The number of carbonyl (C=O) groups excluding carboxylic acids is 1. The fourth-order valence-corrected chi connectivity index (χ4v) is 0.768. The smallest absolute Gasteiger partial charge is 0.250 e. The van der Waals surface area contributed by atoms with Gasteiger partial charge >= 0.3 is 0 Å². The molecule has 0 saturated heterocycles. The van der Waals surface area contributed by atoms with Gasteiger partial charge in [0.05, 0.1) is 0 Å². The number of hydrogen-bond donors (Lipinski definition) is 0. The van der Waals surface area contributed by atoms with Crippen LogP contribution in [0.5, 0.6) is 0 Å². The third kappa shape index (κ3) is 3.23. The van der Waals surface area contributed by atoms with Gasteiger partial charge in [0.1, 0.15) is 0 Å². The number of Topliss-reactive ketones (excluding diaryl/α,β-unsaturated/α-hetero) is 1. The lowest BCUT2D eigenvalue weighted by Crippen LogP contribution is -2.16. The van der Waals surface area contributed by atoms with E-state index in [1.807, 2.05) is 13.8 Å². The summed E-state index contributed by atoms with van der Waals surface area (Å²) in [5, 5.41) is 0. The summed E-state index contributed by atoms with van der Waals surface area (Å²) in [6, 6.07) is 2.96. The summed E-state index contributed by atoms with van der Waals surface area (Å²) in [7, 11) is 1.65. The molecule has 72 valence electrons. The van der Waals surface area contributed by atoms with Crippen LogP contribution in [0.4, 0.5) is 0 Å². The van der Waals surface area contributed by atoms with Gasteiger partial charge in [0.2, 0.25) is 0 Å². The van der Waals surface area contributed by atoms with Crippen molar-refractivity contribution in [3.63, 3.8) is 0 Å². The van der Waals surface area contributed by atoms with E-state index in [1.54, 1.807) is 19.3 Å². The van der Waals surface area contributed by atoms with Gasteiger partial charge in [-0.25, -0.2) is 0 Å². The Morgan fingerprint density at radius 1 is 1.38 bits per heavy atom. The van der Waals surface area contributed by atoms with Gasteiger partial charge in [0.15, 0.2) is 5.78 Å². The zero-order chi connectivity index (χ0) is 10.4. The number of pyridine rings is 1. The fourth-order valence-electron chi connectivity index (χ4n) is 0.768. The van der Waals surface area contributed by atoms with Crippen LogP contribution in [0.25, 0.3) is 0 Å². The summed E-state index contributed by atoms with van der Waals surface area (Å²) in [6.45, 7) is 5.44. The number of ketones is 1. The van der Waals surface area contributed by atoms with Crippen molar-refractivity contribution in [1.29, 1.82) is 0 Å². The number of aromatic nitrogens is 1. The highest BCUT2D eigenvalue weighted by molar-refractivity contribution is 5.93. The van der Waals surface area contributed by atoms with Gasteiger partial charge in [-0.15, -0.1) is 0 Å². The van der Waals surface area contributed by atoms with Gasteiger partial charge in [0.25, 0.3) is 5.56 Å². The van der Waals surface area contributed by atoms with Crippen LogP contribution in [-0.2, 0) is 7.05 Å². The normalized spacial score (nSPS) is 8.62. The SMILES string of the molecule is CC.CC(=O)c1ccn(C)c(=O)c1. The van der Waals surface area contributed by atoms with E-state index >= 15 is 0 Å². The molecule has 0 aromatic carbocycles. The van der Waals surface area contributed by atoms with Crippen molar-refractivity contribution in [3.8, 4) is 0 Å². The van der Waals surface area contributed by atoms with Crippen molar-refractivity contribution in [2.45, 2.75) is 20.8 Å². The number of hydrogen-bond acceptors (Lipinski definition) is 2. The number of rotatable bonds is 1. The molecule has 0 atom stereocenters. The molecule has 1 heterocycles. The standard InChI is InChI=1S/C8H9NO2.C2H6/c1-6(10)7-3-4-9(2)8(11)5-7;1-2/h3-5H,1-2H3;1-2H3. The second-order valence-corrected chi connectivity index (χ2v) is 2.42. The van der Waals surface area contributed by atoms with E-state index in [0.717, 1.165) is 0 Å². The van der Waals surface area contributed by atoms with Crippen LogP contribution in [0, 0.1) is 0 Å². The maximum Gasteiger partial charge on any atom is 0.250 e. The molecule has 0 aliphatic rings. The largest absolute Gasteiger partial charge is 0.319 e. The summed E-state index contributed by atoms with van der Waals surface area (Å²) in [5.41, 5.74) is 0.311. The Labute approximate surface area is 78.0 Å². The highest BCUT2D eigenvalue weighted by Crippen LogP contribution is 1.93. The highest BCUT2D eigenvalue weighted by atomic mass is 16.1. The first kappa shape index (κ1) is 11.6. The molecule has 13 heavy (non-hydrogen) atoms.